The molecule has 3 heteroatoms. The molecule has 0 aliphatic heterocycles. The van der Waals surface area contributed by atoms with Crippen molar-refractivity contribution in [1.29, 1.82) is 0 Å². The third kappa shape index (κ3) is 1.89. The van der Waals surface area contributed by atoms with Crippen LogP contribution in [-0.4, -0.2) is 14.4 Å². The first-order chi connectivity index (χ1) is 15.4. The van der Waals surface area contributed by atoms with E-state index in [1.54, 1.807) is 0 Å². The number of rotatable bonds is 0. The number of nitrogens with zero attached hydrogens (tertiary/aromatic N) is 3. The monoisotopic (exact) mass is 395 g/mol. The van der Waals surface area contributed by atoms with Crippen molar-refractivity contribution in [2.24, 2.45) is 0 Å². The average Bonchev–Trinajstić information content (AvgIpc) is 3.52. The first-order valence-corrected chi connectivity index (χ1v) is 10.8. The average molecular weight is 395 g/mol. The number of imidazole rings is 1. The topological polar surface area (TPSA) is 30.2 Å². The van der Waals surface area contributed by atoms with Crippen LogP contribution in [0.2, 0.25) is 0 Å². The zero-order valence-corrected chi connectivity index (χ0v) is 16.8. The van der Waals surface area contributed by atoms with Crippen molar-refractivity contribution in [3.05, 3.63) is 102 Å². The highest BCUT2D eigenvalue weighted by atomic mass is 15.0. The summed E-state index contributed by atoms with van der Waals surface area (Å²) < 4.78 is 2.16. The van der Waals surface area contributed by atoms with Crippen molar-refractivity contribution in [3.63, 3.8) is 0 Å². The minimum absolute atomic E-state index is 0.983. The summed E-state index contributed by atoms with van der Waals surface area (Å²) in [6.07, 6.45) is 7.81. The van der Waals surface area contributed by atoms with Gasteiger partial charge < -0.3 is 0 Å². The van der Waals surface area contributed by atoms with Crippen LogP contribution in [0.3, 0.4) is 0 Å². The molecule has 0 spiro atoms. The highest BCUT2D eigenvalue weighted by Gasteiger charge is 2.29. The van der Waals surface area contributed by atoms with Crippen LogP contribution < -0.4 is 0 Å². The van der Waals surface area contributed by atoms with Gasteiger partial charge in [0.2, 0.25) is 0 Å². The molecule has 8 rings (SSSR count). The van der Waals surface area contributed by atoms with Gasteiger partial charge in [0, 0.05) is 29.4 Å². The normalized spacial score (nSPS) is 13.5. The Bertz CT molecular complexity index is 1740. The van der Waals surface area contributed by atoms with Crippen LogP contribution in [0.1, 0.15) is 22.3 Å². The fourth-order valence-electron chi connectivity index (χ4n) is 5.85. The van der Waals surface area contributed by atoms with E-state index in [9.17, 15) is 0 Å². The molecule has 0 unspecified atom stereocenters. The van der Waals surface area contributed by atoms with Crippen LogP contribution in [0.25, 0.3) is 49.7 Å². The van der Waals surface area contributed by atoms with Gasteiger partial charge in [-0.2, -0.15) is 0 Å². The van der Waals surface area contributed by atoms with Gasteiger partial charge in [-0.15, -0.1) is 0 Å². The van der Waals surface area contributed by atoms with Crippen molar-refractivity contribution in [2.75, 3.05) is 0 Å². The zero-order valence-electron chi connectivity index (χ0n) is 16.8. The molecule has 31 heavy (non-hydrogen) atoms. The Kier molecular flexibility index (Phi) is 2.74. The van der Waals surface area contributed by atoms with Crippen molar-refractivity contribution in [3.8, 4) is 22.3 Å². The van der Waals surface area contributed by atoms with Crippen LogP contribution in [-0.2, 0) is 12.8 Å². The Labute approximate surface area is 178 Å². The van der Waals surface area contributed by atoms with E-state index in [1.165, 1.54) is 55.3 Å². The maximum absolute atomic E-state index is 4.78. The predicted octanol–water partition coefficient (Wildman–Crippen LogP) is 6.18. The van der Waals surface area contributed by atoms with E-state index in [0.717, 1.165) is 29.5 Å². The SMILES string of the molecule is c1ccc2c(c1)Cc1c-2ccc2c1-c1cc3c(cc1C2)c1nccn1c1cccnc31. The minimum atomic E-state index is 0.983. The lowest BCUT2D eigenvalue weighted by Gasteiger charge is -2.12. The fourth-order valence-corrected chi connectivity index (χ4v) is 5.85. The Morgan fingerprint density at radius 1 is 0.677 bits per heavy atom. The summed E-state index contributed by atoms with van der Waals surface area (Å²) in [4.78, 5) is 9.47. The molecular formula is C28H17N3. The molecular weight excluding hydrogens is 378 g/mol. The van der Waals surface area contributed by atoms with Crippen LogP contribution in [0.5, 0.6) is 0 Å². The maximum atomic E-state index is 4.78. The molecule has 0 atom stereocenters. The van der Waals surface area contributed by atoms with Gasteiger partial charge in [-0.1, -0.05) is 36.4 Å². The lowest BCUT2D eigenvalue weighted by molar-refractivity contribution is 1.23. The highest BCUT2D eigenvalue weighted by Crippen LogP contribution is 2.48. The molecule has 2 aliphatic carbocycles. The van der Waals surface area contributed by atoms with Crippen molar-refractivity contribution >= 4 is 27.5 Å². The van der Waals surface area contributed by atoms with Crippen molar-refractivity contribution in [1.82, 2.24) is 14.4 Å². The molecule has 0 radical (unpaired) electrons. The summed E-state index contributed by atoms with van der Waals surface area (Å²) in [5.41, 5.74) is 14.5. The third-order valence-corrected chi connectivity index (χ3v) is 7.15. The molecule has 6 aromatic rings. The standard InChI is InChI=1S/C28H17N3/c1-2-5-19-16(4-1)13-22-20(19)8-7-17-12-18-14-24-23(15-21(18)26(17)22)27-25(6-3-9-29-27)31-11-10-30-28(24)31/h1-11,14-15H,12-13H2. The quantitative estimate of drug-likeness (QED) is 0.287. The molecule has 0 saturated carbocycles. The minimum Gasteiger partial charge on any atom is -0.298 e. The number of aromatic nitrogens is 3. The number of hydrogen-bond acceptors (Lipinski definition) is 2. The number of hydrogen-bond donors (Lipinski definition) is 0. The van der Waals surface area contributed by atoms with E-state index in [0.29, 0.717) is 0 Å². The molecule has 0 bridgehead atoms. The molecule has 144 valence electrons. The Morgan fingerprint density at radius 3 is 2.65 bits per heavy atom. The van der Waals surface area contributed by atoms with E-state index < -0.39 is 0 Å². The first kappa shape index (κ1) is 15.8. The maximum Gasteiger partial charge on any atom is 0.145 e. The van der Waals surface area contributed by atoms with Gasteiger partial charge >= 0.3 is 0 Å². The Balaban J connectivity index is 1.49. The summed E-state index contributed by atoms with van der Waals surface area (Å²) >= 11 is 0. The highest BCUT2D eigenvalue weighted by molar-refractivity contribution is 6.12. The molecule has 3 aromatic carbocycles. The second-order valence-corrected chi connectivity index (χ2v) is 8.68. The first-order valence-electron chi connectivity index (χ1n) is 10.8. The van der Waals surface area contributed by atoms with Gasteiger partial charge in [0.25, 0.3) is 0 Å². The molecule has 0 saturated heterocycles. The summed E-state index contributed by atoms with van der Waals surface area (Å²) in [6, 6.07) is 22.4. The molecule has 2 aliphatic rings. The molecule has 3 nitrogen and oxygen atoms in total. The van der Waals surface area contributed by atoms with Gasteiger partial charge in [-0.3, -0.25) is 9.38 Å². The summed E-state index contributed by atoms with van der Waals surface area (Å²) in [5.74, 6) is 0. The molecule has 3 heterocycles. The van der Waals surface area contributed by atoms with Crippen LogP contribution in [0, 0.1) is 0 Å². The van der Waals surface area contributed by atoms with Crippen LogP contribution >= 0.6 is 0 Å². The largest absolute Gasteiger partial charge is 0.298 e. The smallest absolute Gasteiger partial charge is 0.145 e. The van der Waals surface area contributed by atoms with Crippen LogP contribution in [0.4, 0.5) is 0 Å². The Morgan fingerprint density at radius 2 is 1.65 bits per heavy atom. The molecule has 0 N–H and O–H groups in total. The Hall–Kier alpha value is -3.98. The summed E-state index contributed by atoms with van der Waals surface area (Å²) in [6.45, 7) is 0. The molecule has 0 fully saturated rings. The van der Waals surface area contributed by atoms with Crippen molar-refractivity contribution in [2.45, 2.75) is 12.8 Å². The van der Waals surface area contributed by atoms with Gasteiger partial charge in [0.15, 0.2) is 0 Å². The number of fused-ring (bicyclic) bond motifs is 13. The van der Waals surface area contributed by atoms with Crippen molar-refractivity contribution < 1.29 is 0 Å². The fraction of sp³-hybridized carbons (Fsp3) is 0.0714. The molecule has 3 aromatic heterocycles. The summed E-state index contributed by atoms with van der Waals surface area (Å²) in [5, 5.41) is 2.37. The number of benzene rings is 3. The van der Waals surface area contributed by atoms with E-state index in [1.807, 2.05) is 24.7 Å². The van der Waals surface area contributed by atoms with E-state index in [2.05, 4.69) is 59.0 Å². The zero-order chi connectivity index (χ0) is 20.1. The summed E-state index contributed by atoms with van der Waals surface area (Å²) in [7, 11) is 0. The van der Waals surface area contributed by atoms with Gasteiger partial charge in [-0.05, 0) is 81.6 Å². The van der Waals surface area contributed by atoms with Crippen LogP contribution in [0.15, 0.2) is 79.3 Å². The third-order valence-electron chi connectivity index (χ3n) is 7.15. The predicted molar refractivity (Wildman–Crippen MR) is 124 cm³/mol. The van der Waals surface area contributed by atoms with E-state index in [-0.39, 0.29) is 0 Å². The number of pyridine rings is 2. The van der Waals surface area contributed by atoms with E-state index in [4.69, 9.17) is 9.97 Å². The second kappa shape index (κ2) is 5.38. The van der Waals surface area contributed by atoms with Gasteiger partial charge in [0.1, 0.15) is 5.65 Å². The lowest BCUT2D eigenvalue weighted by atomic mass is 9.94. The lowest BCUT2D eigenvalue weighted by Crippen LogP contribution is -1.94. The second-order valence-electron chi connectivity index (χ2n) is 8.68. The van der Waals surface area contributed by atoms with Gasteiger partial charge in [0.05, 0.1) is 11.0 Å². The van der Waals surface area contributed by atoms with E-state index >= 15 is 0 Å². The molecule has 0 amide bonds. The van der Waals surface area contributed by atoms with Gasteiger partial charge in [-0.25, -0.2) is 4.98 Å².